The van der Waals surface area contributed by atoms with Crippen LogP contribution in [0, 0.1) is 0 Å². The summed E-state index contributed by atoms with van der Waals surface area (Å²) in [4.78, 5) is 24.7. The Bertz CT molecular complexity index is 475. The van der Waals surface area contributed by atoms with E-state index in [2.05, 4.69) is 17.4 Å². The number of carbonyl (C=O) groups excluding carboxylic acids is 1. The maximum atomic E-state index is 12.0. The number of rotatable bonds is 4. The Balaban J connectivity index is 1.92. The van der Waals surface area contributed by atoms with E-state index in [0.29, 0.717) is 25.4 Å². The zero-order valence-corrected chi connectivity index (χ0v) is 11.6. The largest absolute Gasteiger partial charge is 0.480 e. The topological polar surface area (TPSA) is 69.6 Å². The number of benzene rings is 1. The Morgan fingerprint density at radius 2 is 2.10 bits per heavy atom. The predicted molar refractivity (Wildman–Crippen MR) is 75.6 cm³/mol. The normalized spacial score (nSPS) is 19.6. The van der Waals surface area contributed by atoms with E-state index >= 15 is 0 Å². The lowest BCUT2D eigenvalue weighted by Gasteiger charge is -2.20. The van der Waals surface area contributed by atoms with Crippen molar-refractivity contribution in [1.29, 1.82) is 0 Å². The SMILES string of the molecule is CC[C@@H](NC(=O)N1CCC(c2ccccc2)C1)C(=O)O. The van der Waals surface area contributed by atoms with Crippen LogP contribution in [0.25, 0.3) is 0 Å². The minimum Gasteiger partial charge on any atom is -0.480 e. The van der Waals surface area contributed by atoms with Crippen molar-refractivity contribution in [3.05, 3.63) is 35.9 Å². The molecule has 0 radical (unpaired) electrons. The Kier molecular flexibility index (Phi) is 4.61. The van der Waals surface area contributed by atoms with E-state index in [-0.39, 0.29) is 6.03 Å². The van der Waals surface area contributed by atoms with E-state index in [0.717, 1.165) is 6.42 Å². The van der Waals surface area contributed by atoms with Crippen LogP contribution in [0.3, 0.4) is 0 Å². The number of likely N-dealkylation sites (tertiary alicyclic amines) is 1. The van der Waals surface area contributed by atoms with Gasteiger partial charge in [0.2, 0.25) is 0 Å². The number of carboxylic acid groups (broad SMARTS) is 1. The predicted octanol–water partition coefficient (Wildman–Crippen LogP) is 2.05. The summed E-state index contributed by atoms with van der Waals surface area (Å²) < 4.78 is 0. The van der Waals surface area contributed by atoms with E-state index < -0.39 is 12.0 Å². The zero-order valence-electron chi connectivity index (χ0n) is 11.6. The van der Waals surface area contributed by atoms with Crippen molar-refractivity contribution < 1.29 is 14.7 Å². The molecule has 0 bridgehead atoms. The van der Waals surface area contributed by atoms with E-state index in [4.69, 9.17) is 5.11 Å². The van der Waals surface area contributed by atoms with Gasteiger partial charge in [-0.05, 0) is 18.4 Å². The Morgan fingerprint density at radius 1 is 1.40 bits per heavy atom. The Labute approximate surface area is 118 Å². The fourth-order valence-corrected chi connectivity index (χ4v) is 2.52. The van der Waals surface area contributed by atoms with Crippen molar-refractivity contribution in [1.82, 2.24) is 10.2 Å². The Hall–Kier alpha value is -2.04. The molecule has 2 amide bonds. The summed E-state index contributed by atoms with van der Waals surface area (Å²) in [5.41, 5.74) is 1.23. The maximum Gasteiger partial charge on any atom is 0.326 e. The zero-order chi connectivity index (χ0) is 14.5. The van der Waals surface area contributed by atoms with Gasteiger partial charge in [-0.1, -0.05) is 37.3 Å². The number of urea groups is 1. The van der Waals surface area contributed by atoms with Crippen LogP contribution in [-0.4, -0.2) is 41.1 Å². The minimum atomic E-state index is -0.986. The van der Waals surface area contributed by atoms with Gasteiger partial charge in [0.1, 0.15) is 6.04 Å². The molecule has 1 saturated heterocycles. The molecule has 0 saturated carbocycles. The van der Waals surface area contributed by atoms with Crippen molar-refractivity contribution in [2.24, 2.45) is 0 Å². The van der Waals surface area contributed by atoms with E-state index in [1.807, 2.05) is 18.2 Å². The first-order valence-corrected chi connectivity index (χ1v) is 6.95. The van der Waals surface area contributed by atoms with Gasteiger partial charge in [0.05, 0.1) is 0 Å². The average molecular weight is 276 g/mol. The van der Waals surface area contributed by atoms with Crippen LogP contribution in [-0.2, 0) is 4.79 Å². The van der Waals surface area contributed by atoms with Crippen molar-refractivity contribution >= 4 is 12.0 Å². The monoisotopic (exact) mass is 276 g/mol. The lowest BCUT2D eigenvalue weighted by atomic mass is 9.99. The molecule has 5 heteroatoms. The van der Waals surface area contributed by atoms with E-state index in [9.17, 15) is 9.59 Å². The second kappa shape index (κ2) is 6.41. The van der Waals surface area contributed by atoms with Gasteiger partial charge in [0, 0.05) is 19.0 Å². The number of nitrogens with zero attached hydrogens (tertiary/aromatic N) is 1. The highest BCUT2D eigenvalue weighted by molar-refractivity contribution is 5.82. The van der Waals surface area contributed by atoms with Gasteiger partial charge in [-0.2, -0.15) is 0 Å². The summed E-state index contributed by atoms with van der Waals surface area (Å²) >= 11 is 0. The van der Waals surface area contributed by atoms with Crippen LogP contribution >= 0.6 is 0 Å². The highest BCUT2D eigenvalue weighted by Crippen LogP contribution is 2.26. The van der Waals surface area contributed by atoms with Gasteiger partial charge in [-0.25, -0.2) is 9.59 Å². The molecule has 2 rings (SSSR count). The molecule has 108 valence electrons. The Morgan fingerprint density at radius 3 is 2.70 bits per heavy atom. The molecule has 1 unspecified atom stereocenters. The van der Waals surface area contributed by atoms with Crippen molar-refractivity contribution in [2.45, 2.75) is 31.7 Å². The van der Waals surface area contributed by atoms with Crippen LogP contribution in [0.1, 0.15) is 31.2 Å². The van der Waals surface area contributed by atoms with E-state index in [1.54, 1.807) is 11.8 Å². The van der Waals surface area contributed by atoms with Crippen molar-refractivity contribution in [2.75, 3.05) is 13.1 Å². The molecule has 1 aromatic rings. The highest BCUT2D eigenvalue weighted by Gasteiger charge is 2.29. The van der Waals surface area contributed by atoms with Gasteiger partial charge in [-0.15, -0.1) is 0 Å². The third-order valence-corrected chi connectivity index (χ3v) is 3.75. The third kappa shape index (κ3) is 3.29. The molecule has 0 aromatic heterocycles. The van der Waals surface area contributed by atoms with Crippen LogP contribution in [0.5, 0.6) is 0 Å². The molecule has 2 N–H and O–H groups in total. The number of carboxylic acids is 1. The molecule has 1 fully saturated rings. The van der Waals surface area contributed by atoms with Crippen molar-refractivity contribution in [3.8, 4) is 0 Å². The average Bonchev–Trinajstić information content (AvgIpc) is 2.95. The molecular weight excluding hydrogens is 256 g/mol. The van der Waals surface area contributed by atoms with Gasteiger partial charge in [-0.3, -0.25) is 0 Å². The molecule has 0 aliphatic carbocycles. The summed E-state index contributed by atoms with van der Waals surface area (Å²) in [6.07, 6.45) is 1.30. The summed E-state index contributed by atoms with van der Waals surface area (Å²) in [6.45, 7) is 3.06. The van der Waals surface area contributed by atoms with Crippen LogP contribution in [0.15, 0.2) is 30.3 Å². The van der Waals surface area contributed by atoms with Crippen LogP contribution in [0.2, 0.25) is 0 Å². The van der Waals surface area contributed by atoms with Gasteiger partial charge < -0.3 is 15.3 Å². The minimum absolute atomic E-state index is 0.280. The summed E-state index contributed by atoms with van der Waals surface area (Å²) in [5.74, 6) is -0.647. The molecule has 1 aliphatic rings. The second-order valence-corrected chi connectivity index (χ2v) is 5.09. The first-order valence-electron chi connectivity index (χ1n) is 6.95. The number of carbonyl (C=O) groups is 2. The molecule has 2 atom stereocenters. The van der Waals surface area contributed by atoms with Crippen LogP contribution < -0.4 is 5.32 Å². The molecule has 1 heterocycles. The maximum absolute atomic E-state index is 12.0. The molecule has 20 heavy (non-hydrogen) atoms. The van der Waals surface area contributed by atoms with Crippen LogP contribution in [0.4, 0.5) is 4.79 Å². The summed E-state index contributed by atoms with van der Waals surface area (Å²) in [7, 11) is 0. The quantitative estimate of drug-likeness (QED) is 0.884. The summed E-state index contributed by atoms with van der Waals surface area (Å²) in [5, 5.41) is 11.5. The van der Waals surface area contributed by atoms with Gasteiger partial charge >= 0.3 is 12.0 Å². The standard InChI is InChI=1S/C15H20N2O3/c1-2-13(14(18)19)16-15(20)17-9-8-12(10-17)11-6-4-3-5-7-11/h3-7,12-13H,2,8-10H2,1H3,(H,16,20)(H,18,19)/t12?,13-/m1/s1. The number of nitrogens with one attached hydrogen (secondary N) is 1. The smallest absolute Gasteiger partial charge is 0.326 e. The van der Waals surface area contributed by atoms with Gasteiger partial charge in [0.25, 0.3) is 0 Å². The fraction of sp³-hybridized carbons (Fsp3) is 0.467. The first kappa shape index (κ1) is 14.4. The number of hydrogen-bond acceptors (Lipinski definition) is 2. The van der Waals surface area contributed by atoms with Crippen molar-refractivity contribution in [3.63, 3.8) is 0 Å². The highest BCUT2D eigenvalue weighted by atomic mass is 16.4. The lowest BCUT2D eigenvalue weighted by molar-refractivity contribution is -0.139. The molecule has 1 aliphatic heterocycles. The van der Waals surface area contributed by atoms with Gasteiger partial charge in [0.15, 0.2) is 0 Å². The second-order valence-electron chi connectivity index (χ2n) is 5.09. The fourth-order valence-electron chi connectivity index (χ4n) is 2.52. The van der Waals surface area contributed by atoms with E-state index in [1.165, 1.54) is 5.56 Å². The number of amides is 2. The molecule has 0 spiro atoms. The first-order chi connectivity index (χ1) is 9.61. The summed E-state index contributed by atoms with van der Waals surface area (Å²) in [6, 6.07) is 9.01. The lowest BCUT2D eigenvalue weighted by Crippen LogP contribution is -2.46. The third-order valence-electron chi connectivity index (χ3n) is 3.75. The number of hydrogen-bond donors (Lipinski definition) is 2. The number of aliphatic carboxylic acids is 1. The molecule has 1 aromatic carbocycles. The molecular formula is C15H20N2O3. The molecule has 5 nitrogen and oxygen atoms in total.